The highest BCUT2D eigenvalue weighted by atomic mass is 35.5. The molecule has 1 aromatic heterocycles. The van der Waals surface area contributed by atoms with E-state index in [0.29, 0.717) is 17.7 Å². The van der Waals surface area contributed by atoms with Crippen LogP contribution in [-0.4, -0.2) is 35.6 Å². The van der Waals surface area contributed by atoms with E-state index < -0.39 is 35.3 Å². The van der Waals surface area contributed by atoms with E-state index in [4.69, 9.17) is 26.8 Å². The van der Waals surface area contributed by atoms with Crippen LogP contribution in [0.4, 0.5) is 10.1 Å². The van der Waals surface area contributed by atoms with Gasteiger partial charge < -0.3 is 20.5 Å². The molecule has 154 valence electrons. The van der Waals surface area contributed by atoms with Crippen LogP contribution in [0.1, 0.15) is 42.2 Å². The van der Waals surface area contributed by atoms with Crippen LogP contribution in [0.15, 0.2) is 30.5 Å². The van der Waals surface area contributed by atoms with Crippen molar-refractivity contribution < 1.29 is 23.5 Å². The van der Waals surface area contributed by atoms with Crippen molar-refractivity contribution in [3.05, 3.63) is 52.6 Å². The van der Waals surface area contributed by atoms with Gasteiger partial charge in [0.15, 0.2) is 0 Å². The maximum absolute atomic E-state index is 13.9. The Hall–Kier alpha value is -2.71. The van der Waals surface area contributed by atoms with Gasteiger partial charge in [-0.2, -0.15) is 0 Å². The minimum Gasteiger partial charge on any atom is -0.495 e. The van der Waals surface area contributed by atoms with E-state index in [2.05, 4.69) is 10.3 Å². The lowest BCUT2D eigenvalue weighted by Crippen LogP contribution is -2.33. The molecule has 2 aromatic rings. The van der Waals surface area contributed by atoms with Gasteiger partial charge in [-0.15, -0.1) is 0 Å². The zero-order chi connectivity index (χ0) is 21.3. The Morgan fingerprint density at radius 2 is 2.10 bits per heavy atom. The number of nitrogens with one attached hydrogen (secondary N) is 1. The second-order valence-electron chi connectivity index (χ2n) is 7.38. The topological polar surface area (TPSA) is 104 Å². The highest BCUT2D eigenvalue weighted by Crippen LogP contribution is 2.46. The molecule has 2 heterocycles. The average molecular weight is 422 g/mol. The summed E-state index contributed by atoms with van der Waals surface area (Å²) in [6, 6.07) is 5.70. The number of pyridine rings is 1. The summed E-state index contributed by atoms with van der Waals surface area (Å²) in [5.74, 6) is -1.99. The molecule has 1 aliphatic rings. The number of methoxy groups -OCH3 is 1. The maximum atomic E-state index is 13.9. The zero-order valence-electron chi connectivity index (χ0n) is 16.2. The fourth-order valence-corrected chi connectivity index (χ4v) is 3.77. The number of ether oxygens (including phenoxy) is 2. The third-order valence-electron chi connectivity index (χ3n) is 4.75. The highest BCUT2D eigenvalue weighted by molar-refractivity contribution is 6.32. The summed E-state index contributed by atoms with van der Waals surface area (Å²) in [4.78, 5) is 28.2. The second kappa shape index (κ2) is 7.96. The molecule has 1 saturated heterocycles. The van der Waals surface area contributed by atoms with Crippen LogP contribution in [0.5, 0.6) is 5.75 Å². The molecule has 7 nitrogen and oxygen atoms in total. The number of amides is 2. The lowest BCUT2D eigenvalue weighted by molar-refractivity contribution is -0.130. The molecule has 0 spiro atoms. The molecule has 0 saturated carbocycles. The van der Waals surface area contributed by atoms with E-state index >= 15 is 0 Å². The first-order valence-electron chi connectivity index (χ1n) is 8.89. The van der Waals surface area contributed by atoms with Gasteiger partial charge >= 0.3 is 0 Å². The Morgan fingerprint density at radius 1 is 1.38 bits per heavy atom. The first-order valence-corrected chi connectivity index (χ1v) is 9.27. The normalized spacial score (nSPS) is 20.3. The van der Waals surface area contributed by atoms with Crippen molar-refractivity contribution in [2.45, 2.75) is 37.9 Å². The Kier molecular flexibility index (Phi) is 5.77. The van der Waals surface area contributed by atoms with Crippen molar-refractivity contribution in [3.8, 4) is 5.75 Å². The van der Waals surface area contributed by atoms with Crippen LogP contribution in [0.2, 0.25) is 5.02 Å². The number of halogens is 2. The molecule has 0 unspecified atom stereocenters. The van der Waals surface area contributed by atoms with Gasteiger partial charge in [-0.05, 0) is 38.5 Å². The number of nitrogens with zero attached hydrogens (tertiary/aromatic N) is 1. The third kappa shape index (κ3) is 4.33. The molecule has 29 heavy (non-hydrogen) atoms. The number of nitrogens with two attached hydrogens (primary N) is 1. The highest BCUT2D eigenvalue weighted by Gasteiger charge is 2.46. The number of primary amides is 1. The molecule has 2 atom stereocenters. The molecule has 3 rings (SSSR count). The van der Waals surface area contributed by atoms with Gasteiger partial charge in [-0.1, -0.05) is 17.7 Å². The van der Waals surface area contributed by atoms with Gasteiger partial charge in [0.1, 0.15) is 28.4 Å². The van der Waals surface area contributed by atoms with Gasteiger partial charge in [-0.3, -0.25) is 14.6 Å². The Labute approximate surface area is 172 Å². The lowest BCUT2D eigenvalue weighted by Gasteiger charge is -2.21. The van der Waals surface area contributed by atoms with Gasteiger partial charge in [0.05, 0.1) is 12.7 Å². The van der Waals surface area contributed by atoms with Crippen molar-refractivity contribution in [2.24, 2.45) is 5.73 Å². The van der Waals surface area contributed by atoms with Crippen LogP contribution < -0.4 is 15.8 Å². The predicted molar refractivity (Wildman–Crippen MR) is 106 cm³/mol. The number of hydrogen-bond acceptors (Lipinski definition) is 5. The largest absolute Gasteiger partial charge is 0.495 e. The van der Waals surface area contributed by atoms with E-state index in [9.17, 15) is 14.0 Å². The van der Waals surface area contributed by atoms with E-state index in [1.165, 1.54) is 31.5 Å². The summed E-state index contributed by atoms with van der Waals surface area (Å²) >= 11 is 6.06. The number of hydrogen-bond donors (Lipinski definition) is 2. The van der Waals surface area contributed by atoms with Crippen LogP contribution in [0.25, 0.3) is 0 Å². The van der Waals surface area contributed by atoms with E-state index in [1.54, 1.807) is 6.07 Å². The molecule has 0 radical (unpaired) electrons. The van der Waals surface area contributed by atoms with Crippen molar-refractivity contribution in [2.75, 3.05) is 12.4 Å². The fourth-order valence-electron chi connectivity index (χ4n) is 3.52. The first-order chi connectivity index (χ1) is 13.6. The number of rotatable bonds is 5. The number of carbonyl (C=O) groups excluding carboxylic acids is 2. The number of anilines is 1. The molecule has 0 bridgehead atoms. The zero-order valence-corrected chi connectivity index (χ0v) is 16.9. The summed E-state index contributed by atoms with van der Waals surface area (Å²) in [6.07, 6.45) is 0.979. The Balaban J connectivity index is 1.93. The third-order valence-corrected chi connectivity index (χ3v) is 5.10. The van der Waals surface area contributed by atoms with Gasteiger partial charge in [0, 0.05) is 23.4 Å². The number of carbonyl (C=O) groups is 2. The predicted octanol–water partition coefficient (Wildman–Crippen LogP) is 3.27. The smallest absolute Gasteiger partial charge is 0.267 e. The van der Waals surface area contributed by atoms with Gasteiger partial charge in [-0.25, -0.2) is 4.39 Å². The van der Waals surface area contributed by atoms with E-state index in [-0.39, 0.29) is 16.5 Å². The van der Waals surface area contributed by atoms with Gasteiger partial charge in [0.2, 0.25) is 0 Å². The molecule has 0 aliphatic carbocycles. The SMILES string of the molecule is COc1c([C@@H]2CC(C)(C)O[C@@H]2C(=O)Nc2ccnc(C(N)=O)c2)ccc(F)c1Cl. The quantitative estimate of drug-likeness (QED) is 0.771. The molecule has 1 aliphatic heterocycles. The van der Waals surface area contributed by atoms with Crippen molar-refractivity contribution in [3.63, 3.8) is 0 Å². The Morgan fingerprint density at radius 3 is 2.76 bits per heavy atom. The lowest BCUT2D eigenvalue weighted by atomic mass is 9.87. The summed E-state index contributed by atoms with van der Waals surface area (Å²) in [5, 5.41) is 2.58. The molecule has 3 N–H and O–H groups in total. The van der Waals surface area contributed by atoms with Crippen LogP contribution in [0, 0.1) is 5.82 Å². The standard InChI is InChI=1S/C20H21ClFN3O4/c1-20(2)9-12(11-4-5-13(22)15(21)16(11)28-3)17(29-20)19(27)25-10-6-7-24-14(8-10)18(23)26/h4-8,12,17H,9H2,1-3H3,(H2,23,26)(H,24,25,27)/t12-,17-/m0/s1. The van der Waals surface area contributed by atoms with E-state index in [1.807, 2.05) is 13.8 Å². The van der Waals surface area contributed by atoms with Crippen LogP contribution in [-0.2, 0) is 9.53 Å². The minimum atomic E-state index is -0.884. The molecule has 1 aromatic carbocycles. The molecular formula is C20H21ClFN3O4. The molecule has 9 heteroatoms. The molecule has 1 fully saturated rings. The molecule has 2 amide bonds. The summed E-state index contributed by atoms with van der Waals surface area (Å²) in [6.45, 7) is 3.73. The second-order valence-corrected chi connectivity index (χ2v) is 7.75. The van der Waals surface area contributed by atoms with Crippen molar-refractivity contribution >= 4 is 29.1 Å². The molecular weight excluding hydrogens is 401 g/mol. The average Bonchev–Trinajstić information content (AvgIpc) is 2.99. The minimum absolute atomic E-state index is 0.0269. The number of benzene rings is 1. The summed E-state index contributed by atoms with van der Waals surface area (Å²) < 4.78 is 25.2. The summed E-state index contributed by atoms with van der Waals surface area (Å²) in [5.41, 5.74) is 5.59. The number of aromatic nitrogens is 1. The van der Waals surface area contributed by atoms with Crippen LogP contribution >= 0.6 is 11.6 Å². The van der Waals surface area contributed by atoms with Gasteiger partial charge in [0.25, 0.3) is 11.8 Å². The van der Waals surface area contributed by atoms with Crippen molar-refractivity contribution in [1.82, 2.24) is 4.98 Å². The Bertz CT molecular complexity index is 967. The summed E-state index contributed by atoms with van der Waals surface area (Å²) in [7, 11) is 1.39. The first kappa shape index (κ1) is 21.0. The maximum Gasteiger partial charge on any atom is 0.267 e. The van der Waals surface area contributed by atoms with E-state index in [0.717, 1.165) is 0 Å². The monoisotopic (exact) mass is 421 g/mol. The fraction of sp³-hybridized carbons (Fsp3) is 0.350. The van der Waals surface area contributed by atoms with Crippen molar-refractivity contribution in [1.29, 1.82) is 0 Å². The van der Waals surface area contributed by atoms with Crippen LogP contribution in [0.3, 0.4) is 0 Å².